The number of carbonyl (C=O) groups excluding carboxylic acids is 1. The molecule has 3 aromatic carbocycles. The maximum atomic E-state index is 14.1. The molecule has 4 rings (SSSR count). The molecule has 0 radical (unpaired) electrons. The van der Waals surface area contributed by atoms with Crippen LogP contribution in [0.3, 0.4) is 0 Å². The SMILES string of the molecule is Cc1[nH]c2c(F)cc(Br)cc2c1CCNC(=O)c1ccc(-c2cccc(O)c2)cc1. The highest BCUT2D eigenvalue weighted by Crippen LogP contribution is 2.28. The van der Waals surface area contributed by atoms with Crippen molar-refractivity contribution in [3.05, 3.63) is 87.8 Å². The number of aryl methyl sites for hydroxylation is 1. The molecule has 0 spiro atoms. The number of fused-ring (bicyclic) bond motifs is 1. The van der Waals surface area contributed by atoms with E-state index in [9.17, 15) is 14.3 Å². The summed E-state index contributed by atoms with van der Waals surface area (Å²) in [5.74, 6) is -0.263. The number of aromatic nitrogens is 1. The highest BCUT2D eigenvalue weighted by molar-refractivity contribution is 9.10. The van der Waals surface area contributed by atoms with Gasteiger partial charge in [-0.1, -0.05) is 40.2 Å². The molecule has 0 fully saturated rings. The molecule has 152 valence electrons. The molecule has 1 amide bonds. The van der Waals surface area contributed by atoms with Crippen LogP contribution in [0.1, 0.15) is 21.6 Å². The van der Waals surface area contributed by atoms with Crippen LogP contribution in [-0.2, 0) is 6.42 Å². The zero-order chi connectivity index (χ0) is 21.3. The van der Waals surface area contributed by atoms with Gasteiger partial charge in [-0.05, 0) is 66.4 Å². The number of rotatable bonds is 5. The summed E-state index contributed by atoms with van der Waals surface area (Å²) in [7, 11) is 0. The number of amides is 1. The Hall–Kier alpha value is -3.12. The van der Waals surface area contributed by atoms with Crippen molar-refractivity contribution in [2.45, 2.75) is 13.3 Å². The van der Waals surface area contributed by atoms with E-state index < -0.39 is 0 Å². The van der Waals surface area contributed by atoms with Gasteiger partial charge in [-0.15, -0.1) is 0 Å². The van der Waals surface area contributed by atoms with Crippen LogP contribution in [0.15, 0.2) is 65.1 Å². The van der Waals surface area contributed by atoms with Crippen LogP contribution in [0, 0.1) is 12.7 Å². The topological polar surface area (TPSA) is 65.1 Å². The number of aromatic hydroxyl groups is 1. The van der Waals surface area contributed by atoms with Crippen molar-refractivity contribution in [3.8, 4) is 16.9 Å². The van der Waals surface area contributed by atoms with Gasteiger partial charge >= 0.3 is 0 Å². The minimum atomic E-state index is -0.301. The van der Waals surface area contributed by atoms with Gasteiger partial charge in [0.1, 0.15) is 11.6 Å². The second-order valence-corrected chi connectivity index (χ2v) is 8.09. The second-order valence-electron chi connectivity index (χ2n) is 7.17. The van der Waals surface area contributed by atoms with E-state index in [1.807, 2.05) is 31.2 Å². The minimum Gasteiger partial charge on any atom is -0.508 e. The normalized spacial score (nSPS) is 11.0. The van der Waals surface area contributed by atoms with Crippen molar-refractivity contribution in [2.24, 2.45) is 0 Å². The molecular weight excluding hydrogens is 447 g/mol. The van der Waals surface area contributed by atoms with Gasteiger partial charge in [0.05, 0.1) is 5.52 Å². The summed E-state index contributed by atoms with van der Waals surface area (Å²) in [4.78, 5) is 15.6. The summed E-state index contributed by atoms with van der Waals surface area (Å²) < 4.78 is 14.8. The van der Waals surface area contributed by atoms with E-state index in [1.165, 1.54) is 6.07 Å². The van der Waals surface area contributed by atoms with E-state index in [1.54, 1.807) is 30.3 Å². The van der Waals surface area contributed by atoms with Crippen LogP contribution < -0.4 is 5.32 Å². The van der Waals surface area contributed by atoms with Crippen molar-refractivity contribution in [1.82, 2.24) is 10.3 Å². The van der Waals surface area contributed by atoms with Crippen molar-refractivity contribution >= 4 is 32.7 Å². The molecule has 0 bridgehead atoms. The van der Waals surface area contributed by atoms with Gasteiger partial charge in [-0.25, -0.2) is 4.39 Å². The largest absolute Gasteiger partial charge is 0.508 e. The smallest absolute Gasteiger partial charge is 0.251 e. The molecule has 4 nitrogen and oxygen atoms in total. The molecule has 1 heterocycles. The Bertz CT molecular complexity index is 1230. The number of hydrogen-bond donors (Lipinski definition) is 3. The summed E-state index contributed by atoms with van der Waals surface area (Å²) in [6, 6.07) is 17.5. The average molecular weight is 467 g/mol. The predicted molar refractivity (Wildman–Crippen MR) is 120 cm³/mol. The van der Waals surface area contributed by atoms with E-state index in [0.29, 0.717) is 28.5 Å². The fraction of sp³-hybridized carbons (Fsp3) is 0.125. The molecule has 0 saturated heterocycles. The highest BCUT2D eigenvalue weighted by Gasteiger charge is 2.13. The van der Waals surface area contributed by atoms with Crippen LogP contribution >= 0.6 is 15.9 Å². The third kappa shape index (κ3) is 4.09. The number of phenolic OH excluding ortho intramolecular Hbond substituents is 1. The Morgan fingerprint density at radius 3 is 2.60 bits per heavy atom. The summed E-state index contributed by atoms with van der Waals surface area (Å²) in [5.41, 5.74) is 4.74. The maximum Gasteiger partial charge on any atom is 0.251 e. The third-order valence-corrected chi connectivity index (χ3v) is 5.59. The van der Waals surface area contributed by atoms with E-state index in [-0.39, 0.29) is 17.5 Å². The van der Waals surface area contributed by atoms with Crippen LogP contribution in [-0.4, -0.2) is 22.5 Å². The van der Waals surface area contributed by atoms with Crippen LogP contribution in [0.25, 0.3) is 22.0 Å². The van der Waals surface area contributed by atoms with E-state index >= 15 is 0 Å². The van der Waals surface area contributed by atoms with Gasteiger partial charge in [-0.3, -0.25) is 4.79 Å². The van der Waals surface area contributed by atoms with Crippen LogP contribution in [0.4, 0.5) is 4.39 Å². The van der Waals surface area contributed by atoms with Gasteiger partial charge in [0.2, 0.25) is 0 Å². The third-order valence-electron chi connectivity index (χ3n) is 5.13. The number of aromatic amines is 1. The molecule has 0 aliphatic heterocycles. The van der Waals surface area contributed by atoms with E-state index in [4.69, 9.17) is 0 Å². The lowest BCUT2D eigenvalue weighted by Gasteiger charge is -2.08. The summed E-state index contributed by atoms with van der Waals surface area (Å²) in [5, 5.41) is 13.4. The Morgan fingerprint density at radius 2 is 1.87 bits per heavy atom. The quantitative estimate of drug-likeness (QED) is 0.352. The number of H-pyrrole nitrogens is 1. The molecule has 1 aromatic heterocycles. The summed E-state index contributed by atoms with van der Waals surface area (Å²) in [6.45, 7) is 2.35. The van der Waals surface area contributed by atoms with Gasteiger partial charge in [0.15, 0.2) is 0 Å². The van der Waals surface area contributed by atoms with Crippen molar-refractivity contribution in [3.63, 3.8) is 0 Å². The fourth-order valence-electron chi connectivity index (χ4n) is 3.63. The van der Waals surface area contributed by atoms with Gasteiger partial charge in [0, 0.05) is 27.7 Å². The summed E-state index contributed by atoms with van der Waals surface area (Å²) in [6.07, 6.45) is 0.592. The van der Waals surface area contributed by atoms with Crippen molar-refractivity contribution in [1.29, 1.82) is 0 Å². The molecule has 0 aliphatic carbocycles. The van der Waals surface area contributed by atoms with Crippen molar-refractivity contribution in [2.75, 3.05) is 6.54 Å². The standard InChI is InChI=1S/C24H20BrFN2O2/c1-14-20(21-12-18(25)13-22(26)23(21)28-14)9-10-27-24(30)16-7-5-15(6-8-16)17-3-2-4-19(29)11-17/h2-8,11-13,28-29H,9-10H2,1H3,(H,27,30). The highest BCUT2D eigenvalue weighted by atomic mass is 79.9. The number of carbonyl (C=O) groups is 1. The molecule has 0 unspecified atom stereocenters. The number of nitrogens with one attached hydrogen (secondary N) is 2. The van der Waals surface area contributed by atoms with Gasteiger partial charge in [-0.2, -0.15) is 0 Å². The molecule has 0 saturated carbocycles. The molecular formula is C24H20BrFN2O2. The molecule has 0 atom stereocenters. The Balaban J connectivity index is 1.43. The molecule has 3 N–H and O–H groups in total. The second kappa shape index (κ2) is 8.32. The van der Waals surface area contributed by atoms with Gasteiger partial charge in [0.25, 0.3) is 5.91 Å². The lowest BCUT2D eigenvalue weighted by Crippen LogP contribution is -2.25. The average Bonchev–Trinajstić information content (AvgIpc) is 3.04. The van der Waals surface area contributed by atoms with Crippen LogP contribution in [0.2, 0.25) is 0 Å². The molecule has 6 heteroatoms. The lowest BCUT2D eigenvalue weighted by atomic mass is 10.0. The van der Waals surface area contributed by atoms with E-state index in [2.05, 4.69) is 26.2 Å². The monoisotopic (exact) mass is 466 g/mol. The first-order valence-electron chi connectivity index (χ1n) is 9.56. The first-order chi connectivity index (χ1) is 14.4. The van der Waals surface area contributed by atoms with Crippen molar-refractivity contribution < 1.29 is 14.3 Å². The predicted octanol–water partition coefficient (Wildman–Crippen LogP) is 5.72. The lowest BCUT2D eigenvalue weighted by molar-refractivity contribution is 0.0954. The fourth-order valence-corrected chi connectivity index (χ4v) is 4.06. The molecule has 0 aliphatic rings. The minimum absolute atomic E-state index is 0.165. The molecule has 30 heavy (non-hydrogen) atoms. The molecule has 4 aromatic rings. The van der Waals surface area contributed by atoms with Crippen LogP contribution in [0.5, 0.6) is 5.75 Å². The first-order valence-corrected chi connectivity index (χ1v) is 10.4. The Kier molecular flexibility index (Phi) is 5.59. The number of phenols is 1. The van der Waals surface area contributed by atoms with Gasteiger partial charge < -0.3 is 15.4 Å². The Morgan fingerprint density at radius 1 is 1.10 bits per heavy atom. The first kappa shape index (κ1) is 20.2. The van der Waals surface area contributed by atoms with E-state index in [0.717, 1.165) is 27.8 Å². The Labute approximate surface area is 181 Å². The number of benzene rings is 3. The number of halogens is 2. The zero-order valence-electron chi connectivity index (χ0n) is 16.3. The maximum absolute atomic E-state index is 14.1. The number of hydrogen-bond acceptors (Lipinski definition) is 2. The summed E-state index contributed by atoms with van der Waals surface area (Å²) >= 11 is 3.34. The zero-order valence-corrected chi connectivity index (χ0v) is 17.9.